The van der Waals surface area contributed by atoms with Crippen molar-refractivity contribution in [3.05, 3.63) is 23.8 Å². The van der Waals surface area contributed by atoms with Crippen LogP contribution in [0.25, 0.3) is 0 Å². The quantitative estimate of drug-likeness (QED) is 0.806. The first-order valence-corrected chi connectivity index (χ1v) is 6.73. The maximum absolute atomic E-state index is 5.93. The highest BCUT2D eigenvalue weighted by Gasteiger charge is 2.20. The Morgan fingerprint density at radius 2 is 2.11 bits per heavy atom. The first-order chi connectivity index (χ1) is 8.69. The molecule has 1 fully saturated rings. The molecule has 1 aliphatic carbocycles. The average molecular weight is 249 g/mol. The Morgan fingerprint density at radius 3 is 2.78 bits per heavy atom. The molecule has 0 spiro atoms. The molecule has 0 heterocycles. The van der Waals surface area contributed by atoms with Crippen LogP contribution in [0.3, 0.4) is 0 Å². The van der Waals surface area contributed by atoms with Gasteiger partial charge in [-0.25, -0.2) is 0 Å². The van der Waals surface area contributed by atoms with Crippen molar-refractivity contribution in [1.82, 2.24) is 5.32 Å². The van der Waals surface area contributed by atoms with Crippen molar-refractivity contribution in [3.8, 4) is 11.5 Å². The SMILES string of the molecule is COc1cc(C)ccc1OC(C)CCNC1CC1. The van der Waals surface area contributed by atoms with Crippen LogP contribution in [0.5, 0.6) is 11.5 Å². The van der Waals surface area contributed by atoms with E-state index < -0.39 is 0 Å². The second-order valence-corrected chi connectivity index (χ2v) is 5.10. The molecule has 0 aromatic heterocycles. The van der Waals surface area contributed by atoms with E-state index in [0.29, 0.717) is 0 Å². The molecule has 2 rings (SSSR count). The molecule has 0 amide bonds. The van der Waals surface area contributed by atoms with Crippen molar-refractivity contribution in [2.75, 3.05) is 13.7 Å². The van der Waals surface area contributed by atoms with Crippen LogP contribution in [0.2, 0.25) is 0 Å². The van der Waals surface area contributed by atoms with Crippen LogP contribution < -0.4 is 14.8 Å². The van der Waals surface area contributed by atoms with Gasteiger partial charge in [0.25, 0.3) is 0 Å². The lowest BCUT2D eigenvalue weighted by Gasteiger charge is -2.17. The fourth-order valence-corrected chi connectivity index (χ4v) is 1.93. The summed E-state index contributed by atoms with van der Waals surface area (Å²) in [6.07, 6.45) is 3.89. The predicted octanol–water partition coefficient (Wildman–Crippen LogP) is 2.91. The fraction of sp³-hybridized carbons (Fsp3) is 0.600. The van der Waals surface area contributed by atoms with Gasteiger partial charge in [-0.2, -0.15) is 0 Å². The molecule has 1 atom stereocenters. The molecule has 0 saturated heterocycles. The van der Waals surface area contributed by atoms with E-state index in [0.717, 1.165) is 30.5 Å². The lowest BCUT2D eigenvalue weighted by Crippen LogP contribution is -2.23. The Kier molecular flexibility index (Phi) is 4.48. The number of nitrogens with one attached hydrogen (secondary N) is 1. The van der Waals surface area contributed by atoms with Gasteiger partial charge in [0.1, 0.15) is 0 Å². The van der Waals surface area contributed by atoms with Gasteiger partial charge in [0.05, 0.1) is 13.2 Å². The van der Waals surface area contributed by atoms with E-state index in [2.05, 4.69) is 19.2 Å². The molecule has 0 radical (unpaired) electrons. The molecule has 1 N–H and O–H groups in total. The molecule has 1 aliphatic rings. The van der Waals surface area contributed by atoms with Crippen molar-refractivity contribution in [1.29, 1.82) is 0 Å². The van der Waals surface area contributed by atoms with Crippen molar-refractivity contribution in [3.63, 3.8) is 0 Å². The van der Waals surface area contributed by atoms with Crippen LogP contribution in [0, 0.1) is 6.92 Å². The molecular formula is C15H23NO2. The molecular weight excluding hydrogens is 226 g/mol. The third kappa shape index (κ3) is 3.91. The highest BCUT2D eigenvalue weighted by molar-refractivity contribution is 5.42. The number of rotatable bonds is 7. The van der Waals surface area contributed by atoms with E-state index in [9.17, 15) is 0 Å². The van der Waals surface area contributed by atoms with Gasteiger partial charge in [-0.3, -0.25) is 0 Å². The van der Waals surface area contributed by atoms with Crippen LogP contribution in [0.4, 0.5) is 0 Å². The number of benzene rings is 1. The summed E-state index contributed by atoms with van der Waals surface area (Å²) in [5.74, 6) is 1.65. The Balaban J connectivity index is 1.82. The first-order valence-electron chi connectivity index (χ1n) is 6.73. The topological polar surface area (TPSA) is 30.5 Å². The van der Waals surface area contributed by atoms with Crippen LogP contribution in [-0.2, 0) is 0 Å². The van der Waals surface area contributed by atoms with Gasteiger partial charge < -0.3 is 14.8 Å². The van der Waals surface area contributed by atoms with Crippen molar-refractivity contribution < 1.29 is 9.47 Å². The molecule has 1 aromatic carbocycles. The average Bonchev–Trinajstić information content (AvgIpc) is 3.15. The van der Waals surface area contributed by atoms with Gasteiger partial charge in [0, 0.05) is 6.04 Å². The zero-order valence-corrected chi connectivity index (χ0v) is 11.5. The third-order valence-electron chi connectivity index (χ3n) is 3.21. The summed E-state index contributed by atoms with van der Waals surface area (Å²) in [5, 5.41) is 3.50. The predicted molar refractivity (Wildman–Crippen MR) is 73.5 cm³/mol. The Bertz CT molecular complexity index is 388. The minimum absolute atomic E-state index is 0.202. The van der Waals surface area contributed by atoms with Gasteiger partial charge in [-0.05, 0) is 57.4 Å². The van der Waals surface area contributed by atoms with Crippen LogP contribution in [0.15, 0.2) is 18.2 Å². The number of ether oxygens (including phenoxy) is 2. The van der Waals surface area contributed by atoms with Gasteiger partial charge >= 0.3 is 0 Å². The monoisotopic (exact) mass is 249 g/mol. The Hall–Kier alpha value is -1.22. The van der Waals surface area contributed by atoms with E-state index in [1.807, 2.05) is 18.2 Å². The molecule has 100 valence electrons. The molecule has 3 nitrogen and oxygen atoms in total. The molecule has 0 bridgehead atoms. The summed E-state index contributed by atoms with van der Waals surface area (Å²) in [4.78, 5) is 0. The Morgan fingerprint density at radius 1 is 1.33 bits per heavy atom. The molecule has 1 saturated carbocycles. The zero-order valence-electron chi connectivity index (χ0n) is 11.5. The van der Waals surface area contributed by atoms with Crippen molar-refractivity contribution in [2.24, 2.45) is 0 Å². The number of aryl methyl sites for hydroxylation is 1. The standard InChI is InChI=1S/C15H23NO2/c1-11-4-7-14(15(10-11)17-3)18-12(2)8-9-16-13-5-6-13/h4,7,10,12-13,16H,5-6,8-9H2,1-3H3. The maximum atomic E-state index is 5.93. The van der Waals surface area contributed by atoms with E-state index in [4.69, 9.17) is 9.47 Å². The molecule has 0 aliphatic heterocycles. The van der Waals surface area contributed by atoms with Crippen molar-refractivity contribution >= 4 is 0 Å². The van der Waals surface area contributed by atoms with E-state index >= 15 is 0 Å². The molecule has 1 unspecified atom stereocenters. The first kappa shape index (κ1) is 13.2. The van der Waals surface area contributed by atoms with Crippen LogP contribution in [-0.4, -0.2) is 25.8 Å². The van der Waals surface area contributed by atoms with E-state index in [1.54, 1.807) is 7.11 Å². The van der Waals surface area contributed by atoms with Gasteiger partial charge in [0.2, 0.25) is 0 Å². The highest BCUT2D eigenvalue weighted by atomic mass is 16.5. The smallest absolute Gasteiger partial charge is 0.161 e. The number of methoxy groups -OCH3 is 1. The van der Waals surface area contributed by atoms with Gasteiger partial charge in [-0.15, -0.1) is 0 Å². The summed E-state index contributed by atoms with van der Waals surface area (Å²) >= 11 is 0. The summed E-state index contributed by atoms with van der Waals surface area (Å²) in [5.41, 5.74) is 1.18. The fourth-order valence-electron chi connectivity index (χ4n) is 1.93. The van der Waals surface area contributed by atoms with Crippen LogP contribution >= 0.6 is 0 Å². The second kappa shape index (κ2) is 6.10. The maximum Gasteiger partial charge on any atom is 0.161 e. The summed E-state index contributed by atoms with van der Waals surface area (Å²) < 4.78 is 11.3. The lowest BCUT2D eigenvalue weighted by molar-refractivity contribution is 0.201. The van der Waals surface area contributed by atoms with E-state index in [-0.39, 0.29) is 6.10 Å². The van der Waals surface area contributed by atoms with E-state index in [1.165, 1.54) is 18.4 Å². The summed E-state index contributed by atoms with van der Waals surface area (Å²) in [7, 11) is 1.68. The van der Waals surface area contributed by atoms with Gasteiger partial charge in [-0.1, -0.05) is 6.07 Å². The molecule has 18 heavy (non-hydrogen) atoms. The second-order valence-electron chi connectivity index (χ2n) is 5.10. The summed E-state index contributed by atoms with van der Waals surface area (Å²) in [6, 6.07) is 6.81. The van der Waals surface area contributed by atoms with Crippen LogP contribution in [0.1, 0.15) is 31.7 Å². The van der Waals surface area contributed by atoms with Crippen molar-refractivity contribution in [2.45, 2.75) is 45.3 Å². The molecule has 1 aromatic rings. The minimum Gasteiger partial charge on any atom is -0.493 e. The number of hydrogen-bond acceptors (Lipinski definition) is 3. The van der Waals surface area contributed by atoms with Gasteiger partial charge in [0.15, 0.2) is 11.5 Å². The Labute approximate surface area is 109 Å². The summed E-state index contributed by atoms with van der Waals surface area (Å²) in [6.45, 7) is 5.18. The highest BCUT2D eigenvalue weighted by Crippen LogP contribution is 2.29. The number of hydrogen-bond donors (Lipinski definition) is 1. The lowest BCUT2D eigenvalue weighted by atomic mass is 10.2. The zero-order chi connectivity index (χ0) is 13.0. The molecule has 3 heteroatoms. The normalized spacial score (nSPS) is 16.4. The minimum atomic E-state index is 0.202. The largest absolute Gasteiger partial charge is 0.493 e. The third-order valence-corrected chi connectivity index (χ3v) is 3.21.